The average Bonchev–Trinajstić information content (AvgIpc) is 2.19. The summed E-state index contributed by atoms with van der Waals surface area (Å²) in [5, 5.41) is 24.5. The molecule has 0 saturated carbocycles. The first kappa shape index (κ1) is 12.9. The van der Waals surface area contributed by atoms with Crippen molar-refractivity contribution in [1.29, 1.82) is 0 Å². The molecule has 2 saturated heterocycles. The molecular weight excluding hydrogens is 192 g/mol. The fraction of sp³-hybridized carbons (Fsp3) is 1.00. The molecule has 2 aliphatic heterocycles. The molecule has 0 radical (unpaired) electrons. The summed E-state index contributed by atoms with van der Waals surface area (Å²) in [6.45, 7) is 5.80. The molecule has 0 aliphatic carbocycles. The van der Waals surface area contributed by atoms with Gasteiger partial charge in [-0.2, -0.15) is 0 Å². The van der Waals surface area contributed by atoms with Crippen molar-refractivity contribution in [1.82, 2.24) is 10.6 Å². The third-order valence-electron chi connectivity index (χ3n) is 2.99. The first-order valence-electron chi connectivity index (χ1n) is 5.92. The van der Waals surface area contributed by atoms with Crippen molar-refractivity contribution in [2.45, 2.75) is 44.3 Å². The van der Waals surface area contributed by atoms with Gasteiger partial charge in [-0.3, -0.25) is 0 Å². The van der Waals surface area contributed by atoms with Gasteiger partial charge < -0.3 is 20.8 Å². The second kappa shape index (κ2) is 6.43. The minimum atomic E-state index is -0.384. The SMILES string of the molecule is CC1(O)CCNCC1.OC1CCNCC1. The highest BCUT2D eigenvalue weighted by Crippen LogP contribution is 2.15. The lowest BCUT2D eigenvalue weighted by molar-refractivity contribution is 0.0291. The van der Waals surface area contributed by atoms with E-state index in [1.807, 2.05) is 6.92 Å². The van der Waals surface area contributed by atoms with Gasteiger partial charge in [-0.15, -0.1) is 0 Å². The van der Waals surface area contributed by atoms with Crippen LogP contribution >= 0.6 is 0 Å². The lowest BCUT2D eigenvalue weighted by Crippen LogP contribution is -2.39. The van der Waals surface area contributed by atoms with E-state index in [1.54, 1.807) is 0 Å². The van der Waals surface area contributed by atoms with Crippen LogP contribution in [0.1, 0.15) is 32.6 Å². The monoisotopic (exact) mass is 216 g/mol. The van der Waals surface area contributed by atoms with Crippen molar-refractivity contribution < 1.29 is 10.2 Å². The molecule has 0 bridgehead atoms. The van der Waals surface area contributed by atoms with Crippen LogP contribution in [0.2, 0.25) is 0 Å². The molecule has 4 heteroatoms. The van der Waals surface area contributed by atoms with Crippen molar-refractivity contribution in [3.8, 4) is 0 Å². The van der Waals surface area contributed by atoms with Crippen LogP contribution in [0.3, 0.4) is 0 Å². The van der Waals surface area contributed by atoms with Crippen molar-refractivity contribution in [2.24, 2.45) is 0 Å². The molecule has 2 rings (SSSR count). The zero-order chi connectivity index (χ0) is 11.1. The summed E-state index contributed by atoms with van der Waals surface area (Å²) in [6.07, 6.45) is 3.63. The van der Waals surface area contributed by atoms with Crippen LogP contribution < -0.4 is 10.6 Å². The standard InChI is InChI=1S/C6H13NO.C5H11NO/c1-6(8)2-4-7-5-3-6;7-5-1-3-6-4-2-5/h7-8H,2-5H2,1H3;5-7H,1-4H2. The van der Waals surface area contributed by atoms with E-state index < -0.39 is 0 Å². The molecule has 2 fully saturated rings. The Morgan fingerprint density at radius 3 is 1.73 bits per heavy atom. The fourth-order valence-electron chi connectivity index (χ4n) is 1.77. The molecule has 0 spiro atoms. The van der Waals surface area contributed by atoms with Crippen LogP contribution in [0, 0.1) is 0 Å². The van der Waals surface area contributed by atoms with E-state index in [9.17, 15) is 5.11 Å². The van der Waals surface area contributed by atoms with E-state index in [0.29, 0.717) is 0 Å². The molecule has 2 heterocycles. The summed E-state index contributed by atoms with van der Waals surface area (Å²) in [5.74, 6) is 0. The number of hydrogen-bond acceptors (Lipinski definition) is 4. The van der Waals surface area contributed by atoms with Crippen LogP contribution in [0.4, 0.5) is 0 Å². The molecule has 4 nitrogen and oxygen atoms in total. The summed E-state index contributed by atoms with van der Waals surface area (Å²) in [4.78, 5) is 0. The molecule has 0 unspecified atom stereocenters. The van der Waals surface area contributed by atoms with Crippen molar-refractivity contribution in [3.05, 3.63) is 0 Å². The van der Waals surface area contributed by atoms with Gasteiger partial charge in [0.2, 0.25) is 0 Å². The van der Waals surface area contributed by atoms with Gasteiger partial charge in [0.05, 0.1) is 11.7 Å². The molecule has 0 aromatic rings. The number of hydrogen-bond donors (Lipinski definition) is 4. The average molecular weight is 216 g/mol. The quantitative estimate of drug-likeness (QED) is 0.455. The second-order valence-electron chi connectivity index (χ2n) is 4.73. The third-order valence-corrected chi connectivity index (χ3v) is 2.99. The Labute approximate surface area is 92.1 Å². The van der Waals surface area contributed by atoms with E-state index in [1.165, 1.54) is 0 Å². The van der Waals surface area contributed by atoms with Gasteiger partial charge in [0.1, 0.15) is 0 Å². The zero-order valence-corrected chi connectivity index (χ0v) is 9.63. The highest BCUT2D eigenvalue weighted by molar-refractivity contribution is 4.78. The Balaban J connectivity index is 0.000000151. The van der Waals surface area contributed by atoms with Crippen LogP contribution in [0.5, 0.6) is 0 Å². The van der Waals surface area contributed by atoms with Gasteiger partial charge >= 0.3 is 0 Å². The first-order valence-corrected chi connectivity index (χ1v) is 5.92. The molecule has 2 aliphatic rings. The predicted octanol–water partition coefficient (Wildman–Crippen LogP) is -0.148. The van der Waals surface area contributed by atoms with Gasteiger partial charge in [-0.25, -0.2) is 0 Å². The molecular formula is C11H24N2O2. The Morgan fingerprint density at radius 2 is 1.47 bits per heavy atom. The summed E-state index contributed by atoms with van der Waals surface area (Å²) in [7, 11) is 0. The lowest BCUT2D eigenvalue weighted by atomic mass is 9.95. The largest absolute Gasteiger partial charge is 0.393 e. The number of nitrogens with one attached hydrogen (secondary N) is 2. The van der Waals surface area contributed by atoms with Crippen molar-refractivity contribution in [2.75, 3.05) is 26.2 Å². The number of rotatable bonds is 0. The highest BCUT2D eigenvalue weighted by Gasteiger charge is 2.21. The van der Waals surface area contributed by atoms with Crippen molar-refractivity contribution >= 4 is 0 Å². The van der Waals surface area contributed by atoms with Crippen LogP contribution in [-0.4, -0.2) is 48.1 Å². The summed E-state index contributed by atoms with van der Waals surface area (Å²) in [5.41, 5.74) is -0.384. The van der Waals surface area contributed by atoms with Gasteiger partial charge in [0.15, 0.2) is 0 Å². The van der Waals surface area contributed by atoms with Gasteiger partial charge in [0.25, 0.3) is 0 Å². The van der Waals surface area contributed by atoms with Gasteiger partial charge in [-0.1, -0.05) is 0 Å². The van der Waals surface area contributed by atoms with E-state index in [-0.39, 0.29) is 11.7 Å². The first-order chi connectivity index (χ1) is 7.10. The molecule has 4 N–H and O–H groups in total. The van der Waals surface area contributed by atoms with E-state index in [2.05, 4.69) is 10.6 Å². The molecule has 0 aromatic carbocycles. The highest BCUT2D eigenvalue weighted by atomic mass is 16.3. The maximum atomic E-state index is 9.33. The number of aliphatic hydroxyl groups is 2. The number of aliphatic hydroxyl groups excluding tert-OH is 1. The summed E-state index contributed by atoms with van der Waals surface area (Å²) < 4.78 is 0. The van der Waals surface area contributed by atoms with E-state index in [0.717, 1.165) is 51.9 Å². The Morgan fingerprint density at radius 1 is 1.00 bits per heavy atom. The maximum Gasteiger partial charge on any atom is 0.0644 e. The van der Waals surface area contributed by atoms with Crippen LogP contribution in [0.25, 0.3) is 0 Å². The van der Waals surface area contributed by atoms with Crippen LogP contribution in [0.15, 0.2) is 0 Å². The molecule has 90 valence electrons. The normalized spacial score (nSPS) is 26.6. The van der Waals surface area contributed by atoms with Crippen LogP contribution in [-0.2, 0) is 0 Å². The topological polar surface area (TPSA) is 64.5 Å². The Bertz CT molecular complexity index is 160. The van der Waals surface area contributed by atoms with Crippen molar-refractivity contribution in [3.63, 3.8) is 0 Å². The summed E-state index contributed by atoms with van der Waals surface area (Å²) in [6, 6.07) is 0. The number of piperidine rings is 2. The van der Waals surface area contributed by atoms with E-state index in [4.69, 9.17) is 5.11 Å². The second-order valence-corrected chi connectivity index (χ2v) is 4.73. The zero-order valence-electron chi connectivity index (χ0n) is 9.63. The van der Waals surface area contributed by atoms with Gasteiger partial charge in [0, 0.05) is 0 Å². The Kier molecular flexibility index (Phi) is 5.53. The van der Waals surface area contributed by atoms with E-state index >= 15 is 0 Å². The minimum absolute atomic E-state index is 0.0266. The lowest BCUT2D eigenvalue weighted by Gasteiger charge is -2.27. The predicted molar refractivity (Wildman–Crippen MR) is 60.8 cm³/mol. The minimum Gasteiger partial charge on any atom is -0.393 e. The molecule has 0 aromatic heterocycles. The molecule has 15 heavy (non-hydrogen) atoms. The Hall–Kier alpha value is -0.160. The van der Waals surface area contributed by atoms with Gasteiger partial charge in [-0.05, 0) is 58.8 Å². The third kappa shape index (κ3) is 6.10. The molecule has 0 amide bonds. The molecule has 0 atom stereocenters. The smallest absolute Gasteiger partial charge is 0.0644 e. The maximum absolute atomic E-state index is 9.33. The fourth-order valence-corrected chi connectivity index (χ4v) is 1.77. The summed E-state index contributed by atoms with van der Waals surface area (Å²) >= 11 is 0.